The van der Waals surface area contributed by atoms with E-state index < -0.39 is 0 Å². The third kappa shape index (κ3) is 2.09. The van der Waals surface area contributed by atoms with Crippen LogP contribution in [0.25, 0.3) is 0 Å². The summed E-state index contributed by atoms with van der Waals surface area (Å²) in [5.41, 5.74) is 0.917. The molecule has 0 aliphatic heterocycles. The highest BCUT2D eigenvalue weighted by Crippen LogP contribution is 2.17. The predicted molar refractivity (Wildman–Crippen MR) is 49.1 cm³/mol. The van der Waals surface area contributed by atoms with E-state index in [2.05, 4.69) is 4.98 Å². The Morgan fingerprint density at radius 1 is 1.77 bits per heavy atom. The standard InChI is InChI=1S/C9H14N2O2/c1-7(13)11(2)9(6-12)8-3-4-10-5-8/h3-5,9-10,12H,6H2,1-2H3. The Morgan fingerprint density at radius 2 is 2.46 bits per heavy atom. The number of aromatic nitrogens is 1. The fourth-order valence-electron chi connectivity index (χ4n) is 1.22. The number of H-pyrrole nitrogens is 1. The molecule has 1 rings (SSSR count). The number of aromatic amines is 1. The first kappa shape index (κ1) is 9.80. The summed E-state index contributed by atoms with van der Waals surface area (Å²) in [5.74, 6) is -0.0553. The first-order valence-electron chi connectivity index (χ1n) is 4.13. The molecule has 2 N–H and O–H groups in total. The van der Waals surface area contributed by atoms with Crippen LogP contribution in [0.2, 0.25) is 0 Å². The summed E-state index contributed by atoms with van der Waals surface area (Å²) in [6, 6.07) is 1.60. The molecule has 0 spiro atoms. The van der Waals surface area contributed by atoms with Gasteiger partial charge in [0.15, 0.2) is 0 Å². The molecule has 13 heavy (non-hydrogen) atoms. The SMILES string of the molecule is CC(=O)N(C)C(CO)c1cc[nH]c1. The maximum Gasteiger partial charge on any atom is 0.219 e. The lowest BCUT2D eigenvalue weighted by Gasteiger charge is -2.24. The van der Waals surface area contributed by atoms with Gasteiger partial charge in [0, 0.05) is 26.4 Å². The zero-order valence-electron chi connectivity index (χ0n) is 7.82. The molecule has 4 heteroatoms. The second-order valence-electron chi connectivity index (χ2n) is 2.97. The van der Waals surface area contributed by atoms with Gasteiger partial charge in [-0.1, -0.05) is 0 Å². The van der Waals surface area contributed by atoms with Crippen LogP contribution in [0.4, 0.5) is 0 Å². The lowest BCUT2D eigenvalue weighted by atomic mass is 10.1. The highest BCUT2D eigenvalue weighted by Gasteiger charge is 2.17. The second kappa shape index (κ2) is 4.09. The smallest absolute Gasteiger partial charge is 0.219 e. The molecule has 0 saturated carbocycles. The molecular weight excluding hydrogens is 168 g/mol. The fraction of sp³-hybridized carbons (Fsp3) is 0.444. The van der Waals surface area contributed by atoms with E-state index in [4.69, 9.17) is 5.11 Å². The van der Waals surface area contributed by atoms with Crippen molar-refractivity contribution in [3.05, 3.63) is 24.0 Å². The van der Waals surface area contributed by atoms with Crippen molar-refractivity contribution in [2.24, 2.45) is 0 Å². The molecule has 0 aliphatic rings. The second-order valence-corrected chi connectivity index (χ2v) is 2.97. The number of carbonyl (C=O) groups is 1. The van der Waals surface area contributed by atoms with Crippen molar-refractivity contribution in [2.45, 2.75) is 13.0 Å². The number of nitrogens with one attached hydrogen (secondary N) is 1. The highest BCUT2D eigenvalue weighted by atomic mass is 16.3. The molecule has 0 radical (unpaired) electrons. The number of likely N-dealkylation sites (N-methyl/N-ethyl adjacent to an activating group) is 1. The van der Waals surface area contributed by atoms with Gasteiger partial charge in [-0.15, -0.1) is 0 Å². The minimum atomic E-state index is -0.247. The van der Waals surface area contributed by atoms with Crippen LogP contribution in [0.3, 0.4) is 0 Å². The Balaban J connectivity index is 2.79. The van der Waals surface area contributed by atoms with Gasteiger partial charge in [-0.05, 0) is 11.6 Å². The molecule has 1 amide bonds. The summed E-state index contributed by atoms with van der Waals surface area (Å²) in [6.07, 6.45) is 3.55. The Morgan fingerprint density at radius 3 is 2.85 bits per heavy atom. The molecule has 1 heterocycles. The van der Waals surface area contributed by atoms with Crippen molar-refractivity contribution < 1.29 is 9.90 Å². The molecule has 1 atom stereocenters. The molecule has 1 aromatic rings. The molecule has 72 valence electrons. The Hall–Kier alpha value is -1.29. The van der Waals surface area contributed by atoms with E-state index >= 15 is 0 Å². The first-order chi connectivity index (χ1) is 6.16. The van der Waals surface area contributed by atoms with Crippen LogP contribution in [0.15, 0.2) is 18.5 Å². The van der Waals surface area contributed by atoms with E-state index in [0.717, 1.165) is 5.56 Å². The average molecular weight is 182 g/mol. The first-order valence-corrected chi connectivity index (χ1v) is 4.13. The van der Waals surface area contributed by atoms with Gasteiger partial charge in [0.2, 0.25) is 5.91 Å². The number of aliphatic hydroxyl groups is 1. The van der Waals surface area contributed by atoms with Crippen LogP contribution in [0, 0.1) is 0 Å². The molecule has 0 aromatic carbocycles. The topological polar surface area (TPSA) is 56.3 Å². The van der Waals surface area contributed by atoms with E-state index in [-0.39, 0.29) is 18.6 Å². The van der Waals surface area contributed by atoms with Gasteiger partial charge in [-0.3, -0.25) is 4.79 Å². The van der Waals surface area contributed by atoms with E-state index in [1.165, 1.54) is 11.8 Å². The predicted octanol–water partition coefficient (Wildman–Crippen LogP) is 0.526. The normalized spacial score (nSPS) is 12.5. The average Bonchev–Trinajstić information content (AvgIpc) is 2.58. The van der Waals surface area contributed by atoms with Crippen molar-refractivity contribution in [1.29, 1.82) is 0 Å². The molecule has 0 saturated heterocycles. The molecule has 0 fully saturated rings. The van der Waals surface area contributed by atoms with Crippen molar-refractivity contribution in [3.63, 3.8) is 0 Å². The fourth-order valence-corrected chi connectivity index (χ4v) is 1.22. The molecule has 1 aromatic heterocycles. The summed E-state index contributed by atoms with van der Waals surface area (Å²) < 4.78 is 0. The molecular formula is C9H14N2O2. The summed E-state index contributed by atoms with van der Waals surface area (Å²) in [5, 5.41) is 9.11. The zero-order chi connectivity index (χ0) is 9.84. The van der Waals surface area contributed by atoms with Crippen LogP contribution in [0.1, 0.15) is 18.5 Å². The largest absolute Gasteiger partial charge is 0.394 e. The number of aliphatic hydroxyl groups excluding tert-OH is 1. The number of rotatable bonds is 3. The lowest BCUT2D eigenvalue weighted by molar-refractivity contribution is -0.130. The number of amides is 1. The van der Waals surface area contributed by atoms with E-state index in [0.29, 0.717) is 0 Å². The lowest BCUT2D eigenvalue weighted by Crippen LogP contribution is -2.31. The number of nitrogens with zero attached hydrogens (tertiary/aromatic N) is 1. The van der Waals surface area contributed by atoms with Crippen LogP contribution < -0.4 is 0 Å². The van der Waals surface area contributed by atoms with Gasteiger partial charge >= 0.3 is 0 Å². The third-order valence-electron chi connectivity index (χ3n) is 2.14. The minimum Gasteiger partial charge on any atom is -0.394 e. The highest BCUT2D eigenvalue weighted by molar-refractivity contribution is 5.73. The molecule has 0 bridgehead atoms. The maximum atomic E-state index is 11.0. The Labute approximate surface area is 77.2 Å². The van der Waals surface area contributed by atoms with Crippen molar-refractivity contribution in [2.75, 3.05) is 13.7 Å². The van der Waals surface area contributed by atoms with Gasteiger partial charge in [-0.25, -0.2) is 0 Å². The zero-order valence-corrected chi connectivity index (χ0v) is 7.82. The number of carbonyl (C=O) groups excluding carboxylic acids is 1. The van der Waals surface area contributed by atoms with Crippen LogP contribution >= 0.6 is 0 Å². The summed E-state index contributed by atoms with van der Waals surface area (Å²) >= 11 is 0. The molecule has 0 aliphatic carbocycles. The van der Waals surface area contributed by atoms with Crippen LogP contribution in [-0.4, -0.2) is 34.6 Å². The minimum absolute atomic E-state index is 0.0553. The third-order valence-corrected chi connectivity index (χ3v) is 2.14. The summed E-state index contributed by atoms with van der Waals surface area (Å²) in [4.78, 5) is 15.5. The molecule has 4 nitrogen and oxygen atoms in total. The van der Waals surface area contributed by atoms with Crippen LogP contribution in [0.5, 0.6) is 0 Å². The van der Waals surface area contributed by atoms with Gasteiger partial charge in [0.05, 0.1) is 12.6 Å². The van der Waals surface area contributed by atoms with E-state index in [9.17, 15) is 4.79 Å². The number of hydrogen-bond acceptors (Lipinski definition) is 2. The maximum absolute atomic E-state index is 11.0. The van der Waals surface area contributed by atoms with Gasteiger partial charge in [0.1, 0.15) is 0 Å². The van der Waals surface area contributed by atoms with Crippen molar-refractivity contribution in [1.82, 2.24) is 9.88 Å². The van der Waals surface area contributed by atoms with Crippen molar-refractivity contribution in [3.8, 4) is 0 Å². The van der Waals surface area contributed by atoms with Crippen LogP contribution in [-0.2, 0) is 4.79 Å². The van der Waals surface area contributed by atoms with Crippen molar-refractivity contribution >= 4 is 5.91 Å². The quantitative estimate of drug-likeness (QED) is 0.716. The molecule has 1 unspecified atom stereocenters. The van der Waals surface area contributed by atoms with E-state index in [1.807, 2.05) is 6.07 Å². The van der Waals surface area contributed by atoms with Gasteiger partial charge in [-0.2, -0.15) is 0 Å². The summed E-state index contributed by atoms with van der Waals surface area (Å²) in [7, 11) is 1.68. The monoisotopic (exact) mass is 182 g/mol. The van der Waals surface area contributed by atoms with Gasteiger partial charge < -0.3 is 15.0 Å². The van der Waals surface area contributed by atoms with Gasteiger partial charge in [0.25, 0.3) is 0 Å². The summed E-state index contributed by atoms with van der Waals surface area (Å²) in [6.45, 7) is 1.42. The Kier molecular flexibility index (Phi) is 3.08. The Bertz CT molecular complexity index is 269. The van der Waals surface area contributed by atoms with E-state index in [1.54, 1.807) is 19.4 Å². The number of hydrogen-bond donors (Lipinski definition) is 2.